The lowest BCUT2D eigenvalue weighted by molar-refractivity contribution is -0.0498. The van der Waals surface area contributed by atoms with Gasteiger partial charge in [0.05, 0.1) is 0 Å². The van der Waals surface area contributed by atoms with Gasteiger partial charge >= 0.3 is 6.61 Å². The van der Waals surface area contributed by atoms with Gasteiger partial charge in [-0.25, -0.2) is 0 Å². The molecule has 22 heavy (non-hydrogen) atoms. The van der Waals surface area contributed by atoms with E-state index in [2.05, 4.69) is 10.1 Å². The number of carbonyl (C=O) groups is 1. The van der Waals surface area contributed by atoms with Crippen molar-refractivity contribution in [1.82, 2.24) is 5.32 Å². The van der Waals surface area contributed by atoms with Gasteiger partial charge in [0.15, 0.2) is 0 Å². The summed E-state index contributed by atoms with van der Waals surface area (Å²) in [6.07, 6.45) is 0. The van der Waals surface area contributed by atoms with E-state index in [0.717, 1.165) is 16.7 Å². The fraction of sp³-hybridized carbons (Fsp3) is 0.235. The Morgan fingerprint density at radius 2 is 1.68 bits per heavy atom. The third-order valence-corrected chi connectivity index (χ3v) is 3.09. The smallest absolute Gasteiger partial charge is 0.387 e. The molecule has 1 N–H and O–H groups in total. The number of ether oxygens (including phenoxy) is 1. The minimum Gasteiger partial charge on any atom is -0.435 e. The van der Waals surface area contributed by atoms with Crippen LogP contribution in [0.5, 0.6) is 5.75 Å². The molecule has 0 saturated heterocycles. The van der Waals surface area contributed by atoms with Crippen molar-refractivity contribution in [1.29, 1.82) is 0 Å². The topological polar surface area (TPSA) is 38.3 Å². The molecule has 0 aliphatic rings. The van der Waals surface area contributed by atoms with Gasteiger partial charge < -0.3 is 10.1 Å². The van der Waals surface area contributed by atoms with E-state index in [1.807, 2.05) is 32.0 Å². The molecule has 0 saturated carbocycles. The molecule has 0 heterocycles. The van der Waals surface area contributed by atoms with Crippen molar-refractivity contribution in [2.45, 2.75) is 27.0 Å². The third kappa shape index (κ3) is 4.55. The molecule has 0 spiro atoms. The lowest BCUT2D eigenvalue weighted by Crippen LogP contribution is -2.22. The molecule has 0 aliphatic carbocycles. The van der Waals surface area contributed by atoms with Crippen LogP contribution in [0.4, 0.5) is 8.78 Å². The van der Waals surface area contributed by atoms with E-state index in [4.69, 9.17) is 0 Å². The number of hydrogen-bond acceptors (Lipinski definition) is 2. The monoisotopic (exact) mass is 305 g/mol. The van der Waals surface area contributed by atoms with Crippen LogP contribution in [-0.2, 0) is 6.54 Å². The number of nitrogens with one attached hydrogen (secondary N) is 1. The molecule has 0 fully saturated rings. The first-order valence-corrected chi connectivity index (χ1v) is 6.84. The van der Waals surface area contributed by atoms with Crippen LogP contribution in [0.3, 0.4) is 0 Å². The summed E-state index contributed by atoms with van der Waals surface area (Å²) >= 11 is 0. The Morgan fingerprint density at radius 1 is 1.09 bits per heavy atom. The zero-order chi connectivity index (χ0) is 16.1. The largest absolute Gasteiger partial charge is 0.435 e. The molecule has 2 aromatic carbocycles. The van der Waals surface area contributed by atoms with Crippen molar-refractivity contribution in [2.24, 2.45) is 0 Å². The molecule has 5 heteroatoms. The van der Waals surface area contributed by atoms with Gasteiger partial charge in [0.25, 0.3) is 5.91 Å². The highest BCUT2D eigenvalue weighted by Crippen LogP contribution is 2.15. The van der Waals surface area contributed by atoms with Crippen LogP contribution in [0.2, 0.25) is 0 Å². The summed E-state index contributed by atoms with van der Waals surface area (Å²) in [5.41, 5.74) is 3.46. The zero-order valence-electron chi connectivity index (χ0n) is 12.4. The van der Waals surface area contributed by atoms with E-state index >= 15 is 0 Å². The summed E-state index contributed by atoms with van der Waals surface area (Å²) in [5.74, 6) is -0.0703. The van der Waals surface area contributed by atoms with Gasteiger partial charge in [-0.2, -0.15) is 8.78 Å². The van der Waals surface area contributed by atoms with Crippen LogP contribution >= 0.6 is 0 Å². The molecular formula is C17H17F2NO2. The molecule has 116 valence electrons. The van der Waals surface area contributed by atoms with Gasteiger partial charge in [-0.05, 0) is 43.7 Å². The Kier molecular flexibility index (Phi) is 5.09. The van der Waals surface area contributed by atoms with Gasteiger partial charge in [0.1, 0.15) is 5.75 Å². The van der Waals surface area contributed by atoms with E-state index in [0.29, 0.717) is 12.1 Å². The molecule has 0 atom stereocenters. The molecule has 0 aromatic heterocycles. The Labute approximate surface area is 127 Å². The number of aryl methyl sites for hydroxylation is 2. The minimum absolute atomic E-state index is 0.0967. The van der Waals surface area contributed by atoms with Gasteiger partial charge in [0.2, 0.25) is 0 Å². The summed E-state index contributed by atoms with van der Waals surface area (Å²) < 4.78 is 28.4. The maximum Gasteiger partial charge on any atom is 0.387 e. The Morgan fingerprint density at radius 3 is 2.23 bits per heavy atom. The first kappa shape index (κ1) is 15.9. The van der Waals surface area contributed by atoms with Crippen LogP contribution < -0.4 is 10.1 Å². The van der Waals surface area contributed by atoms with E-state index in [1.165, 1.54) is 12.1 Å². The van der Waals surface area contributed by atoms with Gasteiger partial charge in [-0.15, -0.1) is 0 Å². The summed E-state index contributed by atoms with van der Waals surface area (Å²) in [4.78, 5) is 12.1. The van der Waals surface area contributed by atoms with Crippen LogP contribution in [0.15, 0.2) is 42.5 Å². The minimum atomic E-state index is -2.84. The Hall–Kier alpha value is -2.43. The van der Waals surface area contributed by atoms with Crippen LogP contribution in [-0.4, -0.2) is 12.5 Å². The van der Waals surface area contributed by atoms with E-state index < -0.39 is 6.61 Å². The van der Waals surface area contributed by atoms with Gasteiger partial charge in [0, 0.05) is 12.1 Å². The standard InChI is InChI=1S/C17H17F2NO2/c1-11-7-12(2)9-14(8-11)16(21)20-10-13-3-5-15(6-4-13)22-17(18)19/h3-9,17H,10H2,1-2H3,(H,20,21). The predicted molar refractivity (Wildman–Crippen MR) is 80.2 cm³/mol. The molecule has 0 radical (unpaired) electrons. The zero-order valence-corrected chi connectivity index (χ0v) is 12.4. The highest BCUT2D eigenvalue weighted by molar-refractivity contribution is 5.94. The van der Waals surface area contributed by atoms with Crippen molar-refractivity contribution in [3.63, 3.8) is 0 Å². The fourth-order valence-corrected chi connectivity index (χ4v) is 2.18. The number of alkyl halides is 2. The van der Waals surface area contributed by atoms with E-state index in [-0.39, 0.29) is 11.7 Å². The van der Waals surface area contributed by atoms with Gasteiger partial charge in [-0.1, -0.05) is 29.3 Å². The summed E-state index contributed by atoms with van der Waals surface area (Å²) in [5, 5.41) is 2.80. The number of rotatable bonds is 5. The Balaban J connectivity index is 1.96. The van der Waals surface area contributed by atoms with Crippen molar-refractivity contribution < 1.29 is 18.3 Å². The maximum absolute atomic E-state index is 12.1. The lowest BCUT2D eigenvalue weighted by atomic mass is 10.1. The molecule has 0 unspecified atom stereocenters. The second-order valence-corrected chi connectivity index (χ2v) is 5.08. The van der Waals surface area contributed by atoms with Gasteiger partial charge in [-0.3, -0.25) is 4.79 Å². The lowest BCUT2D eigenvalue weighted by Gasteiger charge is -2.08. The number of benzene rings is 2. The number of halogens is 2. The SMILES string of the molecule is Cc1cc(C)cc(C(=O)NCc2ccc(OC(F)F)cc2)c1. The molecule has 2 aromatic rings. The maximum atomic E-state index is 12.1. The Bertz CT molecular complexity index is 634. The van der Waals surface area contributed by atoms with E-state index in [9.17, 15) is 13.6 Å². The van der Waals surface area contributed by atoms with Crippen LogP contribution in [0.25, 0.3) is 0 Å². The van der Waals surface area contributed by atoms with Crippen LogP contribution in [0.1, 0.15) is 27.0 Å². The first-order valence-electron chi connectivity index (χ1n) is 6.84. The fourth-order valence-electron chi connectivity index (χ4n) is 2.18. The second kappa shape index (κ2) is 7.02. The molecule has 0 aliphatic heterocycles. The summed E-state index contributed by atoms with van der Waals surface area (Å²) in [6, 6.07) is 11.8. The summed E-state index contributed by atoms with van der Waals surface area (Å²) in [7, 11) is 0. The summed E-state index contributed by atoms with van der Waals surface area (Å²) in [6.45, 7) is 1.35. The van der Waals surface area contributed by atoms with Crippen molar-refractivity contribution >= 4 is 5.91 Å². The number of amides is 1. The van der Waals surface area contributed by atoms with Crippen LogP contribution in [0, 0.1) is 13.8 Å². The average Bonchev–Trinajstić information content (AvgIpc) is 2.44. The quantitative estimate of drug-likeness (QED) is 0.911. The second-order valence-electron chi connectivity index (χ2n) is 5.08. The highest BCUT2D eigenvalue weighted by atomic mass is 19.3. The van der Waals surface area contributed by atoms with Crippen molar-refractivity contribution in [3.05, 3.63) is 64.7 Å². The predicted octanol–water partition coefficient (Wildman–Crippen LogP) is 3.83. The normalized spacial score (nSPS) is 10.6. The average molecular weight is 305 g/mol. The highest BCUT2D eigenvalue weighted by Gasteiger charge is 2.07. The molecular weight excluding hydrogens is 288 g/mol. The third-order valence-electron chi connectivity index (χ3n) is 3.09. The first-order chi connectivity index (χ1) is 10.4. The molecule has 3 nitrogen and oxygen atoms in total. The van der Waals surface area contributed by atoms with Crippen molar-refractivity contribution in [2.75, 3.05) is 0 Å². The number of hydrogen-bond donors (Lipinski definition) is 1. The molecule has 1 amide bonds. The molecule has 2 rings (SSSR count). The van der Waals surface area contributed by atoms with Crippen molar-refractivity contribution in [3.8, 4) is 5.75 Å². The van der Waals surface area contributed by atoms with E-state index in [1.54, 1.807) is 12.1 Å². The number of carbonyl (C=O) groups excluding carboxylic acids is 1. The molecule has 0 bridgehead atoms.